The van der Waals surface area contributed by atoms with Crippen molar-refractivity contribution in [3.8, 4) is 5.75 Å². The Hall–Kier alpha value is -3.14. The third kappa shape index (κ3) is 3.21. The fourth-order valence-corrected chi connectivity index (χ4v) is 2.38. The van der Waals surface area contributed by atoms with Crippen LogP contribution in [-0.4, -0.2) is 23.2 Å². The fraction of sp³-hybridized carbons (Fsp3) is 0.0526. The summed E-state index contributed by atoms with van der Waals surface area (Å²) in [7, 11) is 1.63. The zero-order valence-electron chi connectivity index (χ0n) is 12.6. The molecular weight excluding hydrogens is 290 g/mol. The summed E-state index contributed by atoms with van der Waals surface area (Å²) in [6, 6.07) is 16.4. The number of carboxylic acids is 1. The highest BCUT2D eigenvalue weighted by Gasteiger charge is 2.08. The van der Waals surface area contributed by atoms with E-state index in [1.54, 1.807) is 25.3 Å². The number of rotatable bonds is 4. The Balaban J connectivity index is 1.94. The fourth-order valence-electron chi connectivity index (χ4n) is 2.38. The first-order valence-corrected chi connectivity index (χ1v) is 7.12. The van der Waals surface area contributed by atoms with E-state index < -0.39 is 5.97 Å². The zero-order chi connectivity index (χ0) is 16.2. The first kappa shape index (κ1) is 14.8. The van der Waals surface area contributed by atoms with Gasteiger partial charge in [0.2, 0.25) is 0 Å². The van der Waals surface area contributed by atoms with Gasteiger partial charge in [-0.3, -0.25) is 0 Å². The molecule has 1 aromatic heterocycles. The van der Waals surface area contributed by atoms with Crippen molar-refractivity contribution in [2.45, 2.75) is 0 Å². The van der Waals surface area contributed by atoms with E-state index in [1.165, 1.54) is 0 Å². The molecule has 0 saturated heterocycles. The van der Waals surface area contributed by atoms with Crippen LogP contribution in [0.2, 0.25) is 0 Å². The number of carboxylic acid groups (broad SMARTS) is 1. The Bertz CT molecular complexity index is 900. The van der Waals surface area contributed by atoms with E-state index in [9.17, 15) is 9.90 Å². The van der Waals surface area contributed by atoms with Crippen molar-refractivity contribution in [2.75, 3.05) is 7.11 Å². The van der Waals surface area contributed by atoms with E-state index in [0.717, 1.165) is 17.0 Å². The summed E-state index contributed by atoms with van der Waals surface area (Å²) < 4.78 is 5.20. The van der Waals surface area contributed by atoms with Crippen LogP contribution >= 0.6 is 0 Å². The third-order valence-electron chi connectivity index (χ3n) is 3.52. The Morgan fingerprint density at radius 3 is 2.70 bits per heavy atom. The summed E-state index contributed by atoms with van der Waals surface area (Å²) in [4.78, 5) is 15.7. The number of pyridine rings is 1. The number of aromatic nitrogens is 1. The molecule has 0 bridgehead atoms. The van der Waals surface area contributed by atoms with Crippen molar-refractivity contribution in [2.24, 2.45) is 0 Å². The van der Waals surface area contributed by atoms with Crippen molar-refractivity contribution in [1.82, 2.24) is 4.98 Å². The smallest absolute Gasteiger partial charge is 0.336 e. The predicted molar refractivity (Wildman–Crippen MR) is 90.6 cm³/mol. The van der Waals surface area contributed by atoms with Gasteiger partial charge in [-0.05, 0) is 48.0 Å². The minimum absolute atomic E-state index is 0.262. The van der Waals surface area contributed by atoms with Gasteiger partial charge in [-0.1, -0.05) is 24.3 Å². The molecule has 2 aromatic carbocycles. The van der Waals surface area contributed by atoms with Gasteiger partial charge < -0.3 is 9.84 Å². The molecule has 4 heteroatoms. The number of methoxy groups -OCH3 is 1. The molecule has 0 radical (unpaired) electrons. The summed E-state index contributed by atoms with van der Waals surface area (Å²) in [6.07, 6.45) is 3.83. The molecule has 0 aliphatic carbocycles. The van der Waals surface area contributed by atoms with E-state index in [0.29, 0.717) is 10.9 Å². The summed E-state index contributed by atoms with van der Waals surface area (Å²) >= 11 is 0. The van der Waals surface area contributed by atoms with Crippen LogP contribution < -0.4 is 4.74 Å². The van der Waals surface area contributed by atoms with E-state index >= 15 is 0 Å². The molecule has 114 valence electrons. The lowest BCUT2D eigenvalue weighted by Crippen LogP contribution is -1.98. The molecule has 0 spiro atoms. The summed E-state index contributed by atoms with van der Waals surface area (Å²) in [6.45, 7) is 0. The maximum atomic E-state index is 11.2. The van der Waals surface area contributed by atoms with Gasteiger partial charge in [-0.15, -0.1) is 0 Å². The highest BCUT2D eigenvalue weighted by Crippen LogP contribution is 2.19. The zero-order valence-corrected chi connectivity index (χ0v) is 12.6. The maximum absolute atomic E-state index is 11.2. The molecule has 4 nitrogen and oxygen atoms in total. The molecule has 0 saturated carbocycles. The van der Waals surface area contributed by atoms with E-state index in [2.05, 4.69) is 4.98 Å². The average molecular weight is 305 g/mol. The minimum Gasteiger partial charge on any atom is -0.497 e. The van der Waals surface area contributed by atoms with Crippen LogP contribution in [0.4, 0.5) is 0 Å². The number of hydrogen-bond donors (Lipinski definition) is 1. The van der Waals surface area contributed by atoms with Gasteiger partial charge in [0.25, 0.3) is 0 Å². The lowest BCUT2D eigenvalue weighted by atomic mass is 10.1. The first-order valence-electron chi connectivity index (χ1n) is 7.12. The number of hydrogen-bond acceptors (Lipinski definition) is 3. The number of fused-ring (bicyclic) bond motifs is 1. The van der Waals surface area contributed by atoms with Crippen LogP contribution in [0, 0.1) is 0 Å². The number of benzene rings is 2. The SMILES string of the molecule is COc1cccc(/C=C/c2ccc3c(C(=O)O)cccc3n2)c1. The standard InChI is InChI=1S/C19H15NO3/c1-23-15-5-2-4-13(12-15)8-9-14-10-11-16-17(19(21)22)6-3-7-18(16)20-14/h2-12H,1H3,(H,21,22)/b9-8+. The number of nitrogens with zero attached hydrogens (tertiary/aromatic N) is 1. The molecule has 1 heterocycles. The quantitative estimate of drug-likeness (QED) is 0.788. The van der Waals surface area contributed by atoms with Crippen LogP contribution in [0.25, 0.3) is 23.1 Å². The molecule has 3 aromatic rings. The molecular formula is C19H15NO3. The molecule has 0 aliphatic rings. The normalized spacial score (nSPS) is 11.0. The van der Waals surface area contributed by atoms with Crippen molar-refractivity contribution < 1.29 is 14.6 Å². The largest absolute Gasteiger partial charge is 0.497 e. The second-order valence-corrected chi connectivity index (χ2v) is 5.02. The maximum Gasteiger partial charge on any atom is 0.336 e. The van der Waals surface area contributed by atoms with Crippen LogP contribution in [-0.2, 0) is 0 Å². The van der Waals surface area contributed by atoms with Crippen molar-refractivity contribution in [3.05, 3.63) is 71.4 Å². The molecule has 1 N–H and O–H groups in total. The molecule has 3 rings (SSSR count). The van der Waals surface area contributed by atoms with Gasteiger partial charge in [-0.25, -0.2) is 9.78 Å². The Labute approximate surface area is 133 Å². The molecule has 23 heavy (non-hydrogen) atoms. The number of ether oxygens (including phenoxy) is 1. The minimum atomic E-state index is -0.947. The molecule has 0 unspecified atom stereocenters. The second kappa shape index (κ2) is 6.32. The highest BCUT2D eigenvalue weighted by atomic mass is 16.5. The summed E-state index contributed by atoms with van der Waals surface area (Å²) in [5.74, 6) is -0.151. The van der Waals surface area contributed by atoms with Gasteiger partial charge in [0.15, 0.2) is 0 Å². The lowest BCUT2D eigenvalue weighted by Gasteiger charge is -2.03. The van der Waals surface area contributed by atoms with E-state index in [4.69, 9.17) is 4.74 Å². The number of carbonyl (C=O) groups is 1. The summed E-state index contributed by atoms with van der Waals surface area (Å²) in [5.41, 5.74) is 2.70. The Morgan fingerprint density at radius 2 is 1.91 bits per heavy atom. The van der Waals surface area contributed by atoms with Gasteiger partial charge >= 0.3 is 5.97 Å². The second-order valence-electron chi connectivity index (χ2n) is 5.02. The van der Waals surface area contributed by atoms with Crippen molar-refractivity contribution in [3.63, 3.8) is 0 Å². The van der Waals surface area contributed by atoms with Gasteiger partial charge in [0, 0.05) is 5.39 Å². The Morgan fingerprint density at radius 1 is 1.09 bits per heavy atom. The Kier molecular flexibility index (Phi) is 4.06. The van der Waals surface area contributed by atoms with E-state index in [1.807, 2.05) is 48.6 Å². The van der Waals surface area contributed by atoms with Crippen LogP contribution in [0.1, 0.15) is 21.6 Å². The topological polar surface area (TPSA) is 59.4 Å². The molecule has 0 amide bonds. The summed E-state index contributed by atoms with van der Waals surface area (Å²) in [5, 5.41) is 9.84. The number of aromatic carboxylic acids is 1. The van der Waals surface area contributed by atoms with Crippen molar-refractivity contribution >= 4 is 29.0 Å². The van der Waals surface area contributed by atoms with Crippen LogP contribution in [0.15, 0.2) is 54.6 Å². The van der Waals surface area contributed by atoms with Gasteiger partial charge in [0.1, 0.15) is 5.75 Å². The van der Waals surface area contributed by atoms with Crippen LogP contribution in [0.5, 0.6) is 5.75 Å². The molecule has 0 fully saturated rings. The van der Waals surface area contributed by atoms with Gasteiger partial charge in [-0.2, -0.15) is 0 Å². The average Bonchev–Trinajstić information content (AvgIpc) is 2.59. The monoisotopic (exact) mass is 305 g/mol. The van der Waals surface area contributed by atoms with Crippen molar-refractivity contribution in [1.29, 1.82) is 0 Å². The highest BCUT2D eigenvalue weighted by molar-refractivity contribution is 6.02. The van der Waals surface area contributed by atoms with Gasteiger partial charge in [0.05, 0.1) is 23.9 Å². The third-order valence-corrected chi connectivity index (χ3v) is 3.52. The molecule has 0 atom stereocenters. The van der Waals surface area contributed by atoms with Crippen LogP contribution in [0.3, 0.4) is 0 Å². The molecule has 0 aliphatic heterocycles. The first-order chi connectivity index (χ1) is 11.2. The predicted octanol–water partition coefficient (Wildman–Crippen LogP) is 4.11. The lowest BCUT2D eigenvalue weighted by molar-refractivity contribution is 0.0699. The van der Waals surface area contributed by atoms with E-state index in [-0.39, 0.29) is 5.56 Å².